The van der Waals surface area contributed by atoms with Crippen LogP contribution in [-0.2, 0) is 0 Å². The summed E-state index contributed by atoms with van der Waals surface area (Å²) < 4.78 is 5.71. The fourth-order valence-electron chi connectivity index (χ4n) is 2.09. The SMILES string of the molecule is O=C(O)c1ccc([C@H]2NC(=O)c3cc(Cl)ccc3O2)cc1. The fourth-order valence-corrected chi connectivity index (χ4v) is 2.26. The Balaban J connectivity index is 1.90. The molecule has 1 aliphatic heterocycles. The van der Waals surface area contributed by atoms with Crippen LogP contribution in [0.1, 0.15) is 32.5 Å². The van der Waals surface area contributed by atoms with Crippen LogP contribution in [0.3, 0.4) is 0 Å². The first kappa shape index (κ1) is 13.5. The van der Waals surface area contributed by atoms with Crippen LogP contribution in [0.2, 0.25) is 5.02 Å². The maximum atomic E-state index is 12.1. The van der Waals surface area contributed by atoms with Gasteiger partial charge in [0, 0.05) is 10.6 Å². The van der Waals surface area contributed by atoms with Crippen molar-refractivity contribution in [1.82, 2.24) is 5.32 Å². The molecule has 0 fully saturated rings. The maximum Gasteiger partial charge on any atom is 0.335 e. The average Bonchev–Trinajstić information content (AvgIpc) is 2.48. The Morgan fingerprint density at radius 3 is 2.57 bits per heavy atom. The van der Waals surface area contributed by atoms with Crippen LogP contribution >= 0.6 is 11.6 Å². The van der Waals surface area contributed by atoms with Crippen LogP contribution in [0.5, 0.6) is 5.75 Å². The molecule has 2 aromatic rings. The zero-order valence-corrected chi connectivity index (χ0v) is 11.4. The molecule has 1 atom stereocenters. The second-order valence-electron chi connectivity index (χ2n) is 4.54. The first-order valence-electron chi connectivity index (χ1n) is 6.15. The molecule has 0 unspecified atom stereocenters. The van der Waals surface area contributed by atoms with Crippen LogP contribution in [0.15, 0.2) is 42.5 Å². The molecule has 5 nitrogen and oxygen atoms in total. The molecule has 1 heterocycles. The number of halogens is 1. The number of carboxylic acid groups (broad SMARTS) is 1. The number of nitrogens with one attached hydrogen (secondary N) is 1. The van der Waals surface area contributed by atoms with Crippen LogP contribution in [0.25, 0.3) is 0 Å². The highest BCUT2D eigenvalue weighted by Crippen LogP contribution is 2.31. The summed E-state index contributed by atoms with van der Waals surface area (Å²) in [5.41, 5.74) is 1.21. The Bertz CT molecular complexity index is 727. The number of rotatable bonds is 2. The van der Waals surface area contributed by atoms with Gasteiger partial charge >= 0.3 is 5.97 Å². The van der Waals surface area contributed by atoms with Gasteiger partial charge < -0.3 is 15.2 Å². The molecule has 0 spiro atoms. The number of hydrogen-bond donors (Lipinski definition) is 2. The maximum absolute atomic E-state index is 12.1. The summed E-state index contributed by atoms with van der Waals surface area (Å²) in [5, 5.41) is 12.0. The molecule has 1 amide bonds. The lowest BCUT2D eigenvalue weighted by Gasteiger charge is -2.27. The van der Waals surface area contributed by atoms with E-state index in [1.54, 1.807) is 24.3 Å². The van der Waals surface area contributed by atoms with Gasteiger partial charge in [0.15, 0.2) is 6.23 Å². The van der Waals surface area contributed by atoms with Crippen molar-refractivity contribution in [1.29, 1.82) is 0 Å². The molecule has 1 aliphatic rings. The smallest absolute Gasteiger partial charge is 0.335 e. The molecule has 2 aromatic carbocycles. The number of aromatic carboxylic acids is 1. The van der Waals surface area contributed by atoms with E-state index in [4.69, 9.17) is 21.4 Å². The van der Waals surface area contributed by atoms with Crippen LogP contribution in [0.4, 0.5) is 0 Å². The third-order valence-electron chi connectivity index (χ3n) is 3.15. The van der Waals surface area contributed by atoms with E-state index in [0.717, 1.165) is 0 Å². The van der Waals surface area contributed by atoms with E-state index in [9.17, 15) is 9.59 Å². The van der Waals surface area contributed by atoms with Crippen molar-refractivity contribution in [3.63, 3.8) is 0 Å². The first-order valence-corrected chi connectivity index (χ1v) is 6.53. The molecule has 6 heteroatoms. The summed E-state index contributed by atoms with van der Waals surface area (Å²) >= 11 is 5.85. The largest absolute Gasteiger partial charge is 0.478 e. The van der Waals surface area contributed by atoms with Gasteiger partial charge in [-0.05, 0) is 30.3 Å². The van der Waals surface area contributed by atoms with E-state index < -0.39 is 12.2 Å². The summed E-state index contributed by atoms with van der Waals surface area (Å²) in [6.07, 6.45) is -0.658. The zero-order valence-electron chi connectivity index (χ0n) is 10.7. The van der Waals surface area contributed by atoms with Gasteiger partial charge in [-0.2, -0.15) is 0 Å². The van der Waals surface area contributed by atoms with Crippen molar-refractivity contribution in [2.75, 3.05) is 0 Å². The minimum atomic E-state index is -1.00. The van der Waals surface area contributed by atoms with Crippen LogP contribution < -0.4 is 10.1 Å². The number of carbonyl (C=O) groups is 2. The molecule has 106 valence electrons. The molecule has 0 saturated carbocycles. The molecule has 0 radical (unpaired) electrons. The minimum absolute atomic E-state index is 0.174. The number of ether oxygens (including phenoxy) is 1. The van der Waals surface area contributed by atoms with Gasteiger partial charge in [-0.1, -0.05) is 23.7 Å². The summed E-state index contributed by atoms with van der Waals surface area (Å²) in [7, 11) is 0. The van der Waals surface area contributed by atoms with E-state index in [1.165, 1.54) is 18.2 Å². The normalized spacial score (nSPS) is 16.6. The van der Waals surface area contributed by atoms with E-state index in [0.29, 0.717) is 21.9 Å². The van der Waals surface area contributed by atoms with E-state index in [2.05, 4.69) is 5.32 Å². The average molecular weight is 304 g/mol. The third kappa shape index (κ3) is 2.55. The number of amides is 1. The standard InChI is InChI=1S/C15H10ClNO4/c16-10-5-6-12-11(7-10)13(18)17-14(21-12)8-1-3-9(4-2-8)15(19)20/h1-7,14H,(H,17,18)(H,19,20)/t14-/m0/s1. The second kappa shape index (κ2) is 5.10. The van der Waals surface area contributed by atoms with Crippen molar-refractivity contribution in [3.8, 4) is 5.75 Å². The molecule has 0 bridgehead atoms. The van der Waals surface area contributed by atoms with Gasteiger partial charge in [-0.15, -0.1) is 0 Å². The topological polar surface area (TPSA) is 75.6 Å². The van der Waals surface area contributed by atoms with Crippen molar-refractivity contribution >= 4 is 23.5 Å². The first-order chi connectivity index (χ1) is 10.0. The highest BCUT2D eigenvalue weighted by atomic mass is 35.5. The van der Waals surface area contributed by atoms with Gasteiger partial charge in [0.25, 0.3) is 5.91 Å². The molecule has 21 heavy (non-hydrogen) atoms. The summed E-state index contributed by atoms with van der Waals surface area (Å²) in [6.45, 7) is 0. The highest BCUT2D eigenvalue weighted by Gasteiger charge is 2.26. The lowest BCUT2D eigenvalue weighted by molar-refractivity contribution is 0.0693. The summed E-state index contributed by atoms with van der Waals surface area (Å²) in [5.74, 6) is -0.850. The minimum Gasteiger partial charge on any atom is -0.478 e. The number of benzene rings is 2. The Morgan fingerprint density at radius 1 is 1.19 bits per heavy atom. The lowest BCUT2D eigenvalue weighted by atomic mass is 10.1. The van der Waals surface area contributed by atoms with E-state index in [-0.39, 0.29) is 11.5 Å². The number of carboxylic acids is 1. The van der Waals surface area contributed by atoms with Crippen molar-refractivity contribution in [3.05, 3.63) is 64.2 Å². The Kier molecular flexibility index (Phi) is 3.27. The van der Waals surface area contributed by atoms with Crippen molar-refractivity contribution < 1.29 is 19.4 Å². The van der Waals surface area contributed by atoms with Gasteiger partial charge in [0.05, 0.1) is 11.1 Å². The number of hydrogen-bond acceptors (Lipinski definition) is 3. The van der Waals surface area contributed by atoms with Crippen molar-refractivity contribution in [2.45, 2.75) is 6.23 Å². The molecule has 2 N–H and O–H groups in total. The van der Waals surface area contributed by atoms with Crippen LogP contribution in [-0.4, -0.2) is 17.0 Å². The number of fused-ring (bicyclic) bond motifs is 1. The van der Waals surface area contributed by atoms with Gasteiger partial charge in [-0.25, -0.2) is 4.79 Å². The Hall–Kier alpha value is -2.53. The molecular weight excluding hydrogens is 294 g/mol. The zero-order chi connectivity index (χ0) is 15.0. The molecule has 0 saturated heterocycles. The van der Waals surface area contributed by atoms with Gasteiger partial charge in [0.1, 0.15) is 5.75 Å². The quantitative estimate of drug-likeness (QED) is 0.894. The van der Waals surface area contributed by atoms with Crippen LogP contribution in [0, 0.1) is 0 Å². The fraction of sp³-hybridized carbons (Fsp3) is 0.0667. The molecule has 3 rings (SSSR count). The monoisotopic (exact) mass is 303 g/mol. The Morgan fingerprint density at radius 2 is 1.90 bits per heavy atom. The summed E-state index contributed by atoms with van der Waals surface area (Å²) in [6, 6.07) is 11.0. The second-order valence-corrected chi connectivity index (χ2v) is 4.98. The molecule has 0 aliphatic carbocycles. The Labute approximate surface area is 125 Å². The predicted molar refractivity (Wildman–Crippen MR) is 75.7 cm³/mol. The van der Waals surface area contributed by atoms with E-state index in [1.807, 2.05) is 0 Å². The summed E-state index contributed by atoms with van der Waals surface area (Å²) in [4.78, 5) is 22.9. The van der Waals surface area contributed by atoms with Gasteiger partial charge in [0.2, 0.25) is 0 Å². The lowest BCUT2D eigenvalue weighted by Crippen LogP contribution is -2.36. The van der Waals surface area contributed by atoms with Gasteiger partial charge in [-0.3, -0.25) is 4.79 Å². The predicted octanol–water partition coefficient (Wildman–Crippen LogP) is 2.86. The number of carbonyl (C=O) groups excluding carboxylic acids is 1. The van der Waals surface area contributed by atoms with Crippen molar-refractivity contribution in [2.24, 2.45) is 0 Å². The third-order valence-corrected chi connectivity index (χ3v) is 3.39. The highest BCUT2D eigenvalue weighted by molar-refractivity contribution is 6.31. The molecular formula is C15H10ClNO4. The molecule has 0 aromatic heterocycles. The van der Waals surface area contributed by atoms with E-state index >= 15 is 0 Å².